The summed E-state index contributed by atoms with van der Waals surface area (Å²) < 4.78 is 0. The lowest BCUT2D eigenvalue weighted by Crippen LogP contribution is -1.67. The number of rotatable bonds is 2. The van der Waals surface area contributed by atoms with E-state index in [1.807, 2.05) is 6.92 Å². The van der Waals surface area contributed by atoms with Crippen molar-refractivity contribution in [2.45, 2.75) is 26.2 Å². The van der Waals surface area contributed by atoms with Crippen LogP contribution in [0, 0.1) is 24.2 Å². The molecule has 8 heavy (non-hydrogen) atoms. The highest BCUT2D eigenvalue weighted by molar-refractivity contribution is 4.96. The molecule has 0 rings (SSSR count). The van der Waals surface area contributed by atoms with Gasteiger partial charge in [0, 0.05) is 12.8 Å². The van der Waals surface area contributed by atoms with Crippen molar-refractivity contribution in [1.82, 2.24) is 0 Å². The minimum atomic E-state index is 0.856. The molecule has 0 nitrogen and oxygen atoms in total. The van der Waals surface area contributed by atoms with Gasteiger partial charge in [-0.25, -0.2) is 0 Å². The fourth-order valence-electron chi connectivity index (χ4n) is 0.404. The van der Waals surface area contributed by atoms with Crippen molar-refractivity contribution < 1.29 is 0 Å². The molecule has 42 valence electrons. The summed E-state index contributed by atoms with van der Waals surface area (Å²) in [5.41, 5.74) is 0. The Morgan fingerprint density at radius 1 is 1.38 bits per heavy atom. The van der Waals surface area contributed by atoms with E-state index in [0.717, 1.165) is 19.3 Å². The molecule has 0 aromatic heterocycles. The van der Waals surface area contributed by atoms with Crippen molar-refractivity contribution in [3.05, 3.63) is 0 Å². The molecule has 0 aromatic carbocycles. The number of unbranched alkanes of at least 4 members (excludes halogenated alkanes) is 2. The molecular formula is C8H10. The molecule has 0 bridgehead atoms. The lowest BCUT2D eigenvalue weighted by Gasteiger charge is -1.80. The molecule has 0 saturated carbocycles. The van der Waals surface area contributed by atoms with Gasteiger partial charge in [0.2, 0.25) is 0 Å². The molecule has 0 heterocycles. The second-order valence-electron chi connectivity index (χ2n) is 1.48. The van der Waals surface area contributed by atoms with Gasteiger partial charge in [-0.05, 0) is 13.3 Å². The molecule has 0 aliphatic rings. The van der Waals surface area contributed by atoms with Gasteiger partial charge >= 0.3 is 0 Å². The maximum Gasteiger partial charge on any atom is 0.00976 e. The monoisotopic (exact) mass is 106 g/mol. The minimum Gasteiger partial charge on any atom is -0.120 e. The minimum absolute atomic E-state index is 0.856. The van der Waals surface area contributed by atoms with Crippen LogP contribution in [0.25, 0.3) is 0 Å². The lowest BCUT2D eigenvalue weighted by atomic mass is 10.2. The summed E-state index contributed by atoms with van der Waals surface area (Å²) >= 11 is 0. The van der Waals surface area contributed by atoms with E-state index < -0.39 is 0 Å². The normalized spacial score (nSPS) is 6.50. The van der Waals surface area contributed by atoms with Crippen molar-refractivity contribution in [2.75, 3.05) is 0 Å². The van der Waals surface area contributed by atoms with E-state index in [-0.39, 0.29) is 0 Å². The zero-order chi connectivity index (χ0) is 6.24. The fourth-order valence-corrected chi connectivity index (χ4v) is 0.404. The first-order chi connectivity index (χ1) is 3.91. The van der Waals surface area contributed by atoms with Gasteiger partial charge in [-0.3, -0.25) is 0 Å². The van der Waals surface area contributed by atoms with E-state index in [0.29, 0.717) is 0 Å². The molecule has 0 aliphatic heterocycles. The first-order valence-corrected chi connectivity index (χ1v) is 2.75. The van der Waals surface area contributed by atoms with Crippen LogP contribution in [0.2, 0.25) is 0 Å². The Morgan fingerprint density at radius 3 is 2.62 bits per heavy atom. The molecule has 0 aromatic rings. The Balaban J connectivity index is 2.93. The van der Waals surface area contributed by atoms with E-state index in [4.69, 9.17) is 6.42 Å². The predicted octanol–water partition coefficient (Wildman–Crippen LogP) is 1.81. The van der Waals surface area contributed by atoms with Crippen LogP contribution in [0.5, 0.6) is 0 Å². The van der Waals surface area contributed by atoms with Crippen LogP contribution in [0.3, 0.4) is 0 Å². The average molecular weight is 106 g/mol. The second kappa shape index (κ2) is 6.12. The molecule has 0 heteroatoms. The molecule has 0 radical (unpaired) electrons. The lowest BCUT2D eigenvalue weighted by molar-refractivity contribution is 0.904. The summed E-state index contributed by atoms with van der Waals surface area (Å²) in [7, 11) is 0. The van der Waals surface area contributed by atoms with E-state index in [1.54, 1.807) is 0 Å². The van der Waals surface area contributed by atoms with Gasteiger partial charge in [-0.1, -0.05) is 0 Å². The average Bonchev–Trinajstić information content (AvgIpc) is 1.81. The molecule has 0 N–H and O–H groups in total. The first kappa shape index (κ1) is 7.12. The Labute approximate surface area is 51.3 Å². The summed E-state index contributed by atoms with van der Waals surface area (Å²) in [6.07, 6.45) is 7.85. The predicted molar refractivity (Wildman–Crippen MR) is 36.1 cm³/mol. The summed E-state index contributed by atoms with van der Waals surface area (Å²) in [6, 6.07) is 0. The van der Waals surface area contributed by atoms with Crippen LogP contribution in [-0.2, 0) is 0 Å². The third kappa shape index (κ3) is 5.12. The fraction of sp³-hybridized carbons (Fsp3) is 0.500. The van der Waals surface area contributed by atoms with Crippen LogP contribution in [0.15, 0.2) is 0 Å². The molecule has 0 aliphatic carbocycles. The highest BCUT2D eigenvalue weighted by Gasteiger charge is 1.75. The van der Waals surface area contributed by atoms with Gasteiger partial charge in [0.15, 0.2) is 0 Å². The van der Waals surface area contributed by atoms with Crippen molar-refractivity contribution in [3.8, 4) is 24.2 Å². The molecule has 0 atom stereocenters. The van der Waals surface area contributed by atoms with Crippen molar-refractivity contribution in [2.24, 2.45) is 0 Å². The van der Waals surface area contributed by atoms with Crippen LogP contribution < -0.4 is 0 Å². The van der Waals surface area contributed by atoms with Crippen LogP contribution in [-0.4, -0.2) is 0 Å². The Bertz CT molecular complexity index is 126. The molecule has 0 saturated heterocycles. The van der Waals surface area contributed by atoms with Gasteiger partial charge in [-0.2, -0.15) is 0 Å². The molecule has 0 amide bonds. The highest BCUT2D eigenvalue weighted by atomic mass is 13.8. The maximum absolute atomic E-state index is 5.01. The highest BCUT2D eigenvalue weighted by Crippen LogP contribution is 1.89. The van der Waals surface area contributed by atoms with Crippen LogP contribution in [0.4, 0.5) is 0 Å². The summed E-state index contributed by atoms with van der Waals surface area (Å²) in [5.74, 6) is 8.30. The van der Waals surface area contributed by atoms with Gasteiger partial charge in [0.25, 0.3) is 0 Å². The number of terminal acetylenes is 1. The van der Waals surface area contributed by atoms with E-state index in [1.165, 1.54) is 0 Å². The Hall–Kier alpha value is -0.880. The molecule has 0 fully saturated rings. The number of hydrogen-bond acceptors (Lipinski definition) is 0. The molecule has 0 spiro atoms. The quantitative estimate of drug-likeness (QED) is 0.372. The zero-order valence-electron chi connectivity index (χ0n) is 5.20. The van der Waals surface area contributed by atoms with Crippen molar-refractivity contribution in [3.63, 3.8) is 0 Å². The third-order valence-electron chi connectivity index (χ3n) is 0.800. The molecule has 0 unspecified atom stereocenters. The van der Waals surface area contributed by atoms with Gasteiger partial charge < -0.3 is 0 Å². The summed E-state index contributed by atoms with van der Waals surface area (Å²) in [4.78, 5) is 0. The van der Waals surface area contributed by atoms with Gasteiger partial charge in [0.1, 0.15) is 0 Å². The topological polar surface area (TPSA) is 0 Å². The number of hydrogen-bond donors (Lipinski definition) is 0. The van der Waals surface area contributed by atoms with E-state index in [9.17, 15) is 0 Å². The summed E-state index contributed by atoms with van der Waals surface area (Å²) in [5, 5.41) is 0. The third-order valence-corrected chi connectivity index (χ3v) is 0.800. The first-order valence-electron chi connectivity index (χ1n) is 2.75. The zero-order valence-corrected chi connectivity index (χ0v) is 5.20. The van der Waals surface area contributed by atoms with E-state index >= 15 is 0 Å². The largest absolute Gasteiger partial charge is 0.120 e. The van der Waals surface area contributed by atoms with Crippen LogP contribution in [0.1, 0.15) is 26.2 Å². The summed E-state index contributed by atoms with van der Waals surface area (Å²) in [6.45, 7) is 1.84. The Kier molecular flexibility index (Phi) is 5.45. The van der Waals surface area contributed by atoms with Gasteiger partial charge in [0.05, 0.1) is 0 Å². The second-order valence-corrected chi connectivity index (χ2v) is 1.48. The van der Waals surface area contributed by atoms with E-state index in [2.05, 4.69) is 17.8 Å². The maximum atomic E-state index is 5.01. The Morgan fingerprint density at radius 2 is 2.12 bits per heavy atom. The smallest absolute Gasteiger partial charge is 0.00976 e. The standard InChI is InChI=1S/C8H10/c1-3-5-7-8-6-4-2/h1H,5,7-8H2,2H3. The van der Waals surface area contributed by atoms with Crippen molar-refractivity contribution in [1.29, 1.82) is 0 Å². The van der Waals surface area contributed by atoms with Gasteiger partial charge in [-0.15, -0.1) is 24.2 Å². The van der Waals surface area contributed by atoms with Crippen molar-refractivity contribution >= 4 is 0 Å². The molecular weight excluding hydrogens is 96.1 g/mol. The van der Waals surface area contributed by atoms with Crippen LogP contribution >= 0.6 is 0 Å². The SMILES string of the molecule is C#CCCCC#CC.